The van der Waals surface area contributed by atoms with Crippen molar-refractivity contribution in [2.24, 2.45) is 11.8 Å². The van der Waals surface area contributed by atoms with Gasteiger partial charge in [-0.2, -0.15) is 0 Å². The number of benzene rings is 2. The van der Waals surface area contributed by atoms with Gasteiger partial charge in [0, 0.05) is 31.3 Å². The molecule has 0 radical (unpaired) electrons. The molecule has 5 aromatic rings. The smallest absolute Gasteiger partial charge is 0.407 e. The zero-order valence-electron chi connectivity index (χ0n) is 33.2. The number of amides is 4. The number of nitrogens with zero attached hydrogens (tertiary/aromatic N) is 6. The van der Waals surface area contributed by atoms with Crippen molar-refractivity contribution in [1.82, 2.24) is 50.3 Å². The van der Waals surface area contributed by atoms with Gasteiger partial charge in [-0.1, -0.05) is 39.8 Å². The molecule has 2 fully saturated rings. The molecule has 2 aliphatic heterocycles. The van der Waals surface area contributed by atoms with Gasteiger partial charge >= 0.3 is 12.2 Å². The summed E-state index contributed by atoms with van der Waals surface area (Å²) in [5, 5.41) is 5.39. The van der Waals surface area contributed by atoms with Gasteiger partial charge in [0.15, 0.2) is 0 Å². The first-order valence-electron chi connectivity index (χ1n) is 19.5. The van der Waals surface area contributed by atoms with E-state index in [9.17, 15) is 19.2 Å². The lowest BCUT2D eigenvalue weighted by Gasteiger charge is -2.29. The molecule has 3 aromatic heterocycles. The Kier molecular flexibility index (Phi) is 11.4. The first-order valence-corrected chi connectivity index (χ1v) is 19.5. The number of fused-ring (bicyclic) bond motifs is 2. The number of methoxy groups -OCH3 is 2. The van der Waals surface area contributed by atoms with Crippen LogP contribution in [-0.4, -0.2) is 103 Å². The van der Waals surface area contributed by atoms with Gasteiger partial charge < -0.3 is 39.9 Å². The zero-order valence-corrected chi connectivity index (χ0v) is 33.2. The number of aromatic nitrogens is 6. The van der Waals surface area contributed by atoms with Crippen molar-refractivity contribution in [3.63, 3.8) is 0 Å². The monoisotopic (exact) mass is 778 g/mol. The van der Waals surface area contributed by atoms with E-state index in [1.54, 1.807) is 17.3 Å². The van der Waals surface area contributed by atoms with Crippen molar-refractivity contribution in [2.75, 3.05) is 27.3 Å². The highest BCUT2D eigenvalue weighted by molar-refractivity contribution is 5.88. The topological polar surface area (TPSA) is 200 Å². The van der Waals surface area contributed by atoms with E-state index in [4.69, 9.17) is 29.4 Å². The lowest BCUT2D eigenvalue weighted by molar-refractivity contribution is -0.136. The standard InChI is InChI=1S/C41H50N10O6/c1-22(2)34(48-40(54)56-5)38(52)50-15-7-9-32(50)36-44-27-13-11-24(18-29(27)46-36)17-26-20-43-31(21-42-26)25-12-14-28-30(19-25)47-37(45-28)33-10-8-16-51(33)39(53)35(23(3)4)49-41(55)57-6/h11-14,18-23,32-35H,7-10,15-17H2,1-6H3,(H,44,46)(H,45,47)(H,48,54)(H,49,55). The predicted octanol–water partition coefficient (Wildman–Crippen LogP) is 5.58. The summed E-state index contributed by atoms with van der Waals surface area (Å²) in [6.45, 7) is 8.75. The first-order chi connectivity index (χ1) is 27.4. The Bertz CT molecular complexity index is 2270. The van der Waals surface area contributed by atoms with Gasteiger partial charge in [0.25, 0.3) is 0 Å². The fourth-order valence-electron chi connectivity index (χ4n) is 7.88. The fourth-order valence-corrected chi connectivity index (χ4v) is 7.88. The summed E-state index contributed by atoms with van der Waals surface area (Å²) in [7, 11) is 2.57. The van der Waals surface area contributed by atoms with Gasteiger partial charge in [-0.05, 0) is 67.3 Å². The molecule has 5 heterocycles. The van der Waals surface area contributed by atoms with Gasteiger partial charge in [0.2, 0.25) is 11.8 Å². The zero-order chi connectivity index (χ0) is 40.4. The average molecular weight is 779 g/mol. The summed E-state index contributed by atoms with van der Waals surface area (Å²) >= 11 is 0. The Hall–Kier alpha value is -6.06. The number of hydrogen-bond donors (Lipinski definition) is 4. The number of ether oxygens (including phenoxy) is 2. The molecule has 0 aliphatic carbocycles. The second-order valence-electron chi connectivity index (χ2n) is 15.5. The molecular formula is C41H50N10O6. The minimum Gasteiger partial charge on any atom is -0.453 e. The number of imidazole rings is 2. The molecule has 2 aromatic carbocycles. The first kappa shape index (κ1) is 39.2. The number of alkyl carbamates (subject to hydrolysis) is 2. The highest BCUT2D eigenvalue weighted by Gasteiger charge is 2.39. The molecular weight excluding hydrogens is 729 g/mol. The molecule has 0 bridgehead atoms. The normalized spacial score (nSPS) is 18.0. The molecule has 57 heavy (non-hydrogen) atoms. The van der Waals surface area contributed by atoms with E-state index in [1.165, 1.54) is 14.2 Å². The number of carbonyl (C=O) groups excluding carboxylic acids is 4. The molecule has 0 spiro atoms. The van der Waals surface area contributed by atoms with Crippen LogP contribution in [0.2, 0.25) is 0 Å². The summed E-state index contributed by atoms with van der Waals surface area (Å²) in [6.07, 6.45) is 6.05. The number of likely N-dealkylation sites (tertiary alicyclic amines) is 2. The Morgan fingerprint density at radius 2 is 1.32 bits per heavy atom. The molecule has 7 rings (SSSR count). The van der Waals surface area contributed by atoms with Crippen molar-refractivity contribution >= 4 is 46.1 Å². The van der Waals surface area contributed by atoms with E-state index < -0.39 is 24.3 Å². The second kappa shape index (κ2) is 16.6. The van der Waals surface area contributed by atoms with E-state index in [1.807, 2.05) is 69.0 Å². The molecule has 4 atom stereocenters. The van der Waals surface area contributed by atoms with Gasteiger partial charge in [0.05, 0.1) is 66.0 Å². The van der Waals surface area contributed by atoms with E-state index in [2.05, 4.69) is 20.6 Å². The molecule has 4 N–H and O–H groups in total. The van der Waals surface area contributed by atoms with E-state index in [0.29, 0.717) is 31.0 Å². The minimum atomic E-state index is -0.703. The second-order valence-corrected chi connectivity index (χ2v) is 15.5. The van der Waals surface area contributed by atoms with Crippen LogP contribution in [0.1, 0.15) is 88.4 Å². The summed E-state index contributed by atoms with van der Waals surface area (Å²) in [5.74, 6) is 0.900. The SMILES string of the molecule is COC(=O)NC(C(=O)N1CCCC1c1nc2cc(Cc3cnc(-c4ccc5nc(C6CCCN6C(=O)C(NC(=O)OC)C(C)C)[nH]c5c4)cn3)ccc2[nH]1)C(C)C. The van der Waals surface area contributed by atoms with Crippen LogP contribution in [0, 0.1) is 11.8 Å². The Balaban J connectivity index is 1.03. The van der Waals surface area contributed by atoms with Crippen LogP contribution in [-0.2, 0) is 25.5 Å². The number of aromatic amines is 2. The Labute approximate surface area is 330 Å². The van der Waals surface area contributed by atoms with Crippen LogP contribution in [0.15, 0.2) is 48.8 Å². The quantitative estimate of drug-likeness (QED) is 0.131. The van der Waals surface area contributed by atoms with E-state index in [0.717, 1.165) is 70.4 Å². The number of carbonyl (C=O) groups is 4. The Morgan fingerprint density at radius 3 is 1.86 bits per heavy atom. The van der Waals surface area contributed by atoms with Crippen LogP contribution in [0.5, 0.6) is 0 Å². The van der Waals surface area contributed by atoms with Crippen molar-refractivity contribution in [1.29, 1.82) is 0 Å². The maximum absolute atomic E-state index is 13.6. The lowest BCUT2D eigenvalue weighted by Crippen LogP contribution is -2.51. The summed E-state index contributed by atoms with van der Waals surface area (Å²) in [4.78, 5) is 80.8. The third-order valence-corrected chi connectivity index (χ3v) is 10.9. The molecule has 16 nitrogen and oxygen atoms in total. The van der Waals surface area contributed by atoms with Crippen molar-refractivity contribution in [2.45, 2.75) is 84.0 Å². The maximum atomic E-state index is 13.6. The molecule has 2 saturated heterocycles. The molecule has 2 aliphatic rings. The van der Waals surface area contributed by atoms with E-state index >= 15 is 0 Å². The van der Waals surface area contributed by atoms with Crippen LogP contribution in [0.3, 0.4) is 0 Å². The third kappa shape index (κ3) is 8.25. The summed E-state index contributed by atoms with van der Waals surface area (Å²) < 4.78 is 9.52. The number of H-pyrrole nitrogens is 2. The minimum absolute atomic E-state index is 0.113. The lowest BCUT2D eigenvalue weighted by atomic mass is 10.0. The predicted molar refractivity (Wildman–Crippen MR) is 212 cm³/mol. The molecule has 4 amide bonds. The third-order valence-electron chi connectivity index (χ3n) is 10.9. The number of rotatable bonds is 11. The largest absolute Gasteiger partial charge is 0.453 e. The molecule has 4 unspecified atom stereocenters. The van der Waals surface area contributed by atoms with Gasteiger partial charge in [-0.25, -0.2) is 19.6 Å². The van der Waals surface area contributed by atoms with Crippen LogP contribution < -0.4 is 10.6 Å². The number of hydrogen-bond acceptors (Lipinski definition) is 10. The van der Waals surface area contributed by atoms with Crippen LogP contribution in [0.4, 0.5) is 9.59 Å². The maximum Gasteiger partial charge on any atom is 0.407 e. The Morgan fingerprint density at radius 1 is 0.737 bits per heavy atom. The van der Waals surface area contributed by atoms with Crippen molar-refractivity contribution < 1.29 is 28.7 Å². The summed E-state index contributed by atoms with van der Waals surface area (Å²) in [6, 6.07) is 10.1. The molecule has 16 heteroatoms. The molecule has 300 valence electrons. The van der Waals surface area contributed by atoms with Gasteiger partial charge in [-0.3, -0.25) is 19.6 Å². The highest BCUT2D eigenvalue weighted by Crippen LogP contribution is 2.35. The van der Waals surface area contributed by atoms with Gasteiger partial charge in [0.1, 0.15) is 23.7 Å². The highest BCUT2D eigenvalue weighted by atomic mass is 16.5. The van der Waals surface area contributed by atoms with Crippen molar-refractivity contribution in [3.8, 4) is 11.3 Å². The average Bonchev–Trinajstić information content (AvgIpc) is 4.03. The van der Waals surface area contributed by atoms with Crippen molar-refractivity contribution in [3.05, 3.63) is 71.7 Å². The van der Waals surface area contributed by atoms with Crippen LogP contribution >= 0.6 is 0 Å². The fraction of sp³-hybridized carbons (Fsp3) is 0.463. The van der Waals surface area contributed by atoms with Gasteiger partial charge in [-0.15, -0.1) is 0 Å². The molecule has 0 saturated carbocycles. The van der Waals surface area contributed by atoms with Crippen LogP contribution in [0.25, 0.3) is 33.3 Å². The van der Waals surface area contributed by atoms with E-state index in [-0.39, 0.29) is 35.7 Å². The number of nitrogens with one attached hydrogen (secondary N) is 4. The summed E-state index contributed by atoms with van der Waals surface area (Å²) in [5.41, 5.74) is 6.71.